The van der Waals surface area contributed by atoms with Crippen LogP contribution in [-0.4, -0.2) is 24.7 Å². The Balaban J connectivity index is 2.28. The van der Waals surface area contributed by atoms with Gasteiger partial charge in [0.1, 0.15) is 11.2 Å². The molecule has 0 aromatic heterocycles. The molecule has 2 rings (SSSR count). The van der Waals surface area contributed by atoms with Crippen LogP contribution < -0.4 is 4.90 Å². The van der Waals surface area contributed by atoms with Crippen molar-refractivity contribution in [2.24, 2.45) is 0 Å². The lowest BCUT2D eigenvalue weighted by molar-refractivity contribution is -0.142. The fraction of sp³-hybridized carbons (Fsp3) is 0.235. The van der Waals surface area contributed by atoms with Crippen molar-refractivity contribution in [1.29, 1.82) is 0 Å². The molecule has 21 heavy (non-hydrogen) atoms. The molecule has 0 heterocycles. The fourth-order valence-corrected chi connectivity index (χ4v) is 2.35. The Hall–Kier alpha value is -2.36. The molecule has 4 heteroatoms. The summed E-state index contributed by atoms with van der Waals surface area (Å²) < 4.78 is 13.0. The van der Waals surface area contributed by atoms with Gasteiger partial charge in [-0.25, -0.2) is 4.39 Å². The highest BCUT2D eigenvalue weighted by Crippen LogP contribution is 2.27. The van der Waals surface area contributed by atoms with Crippen molar-refractivity contribution >= 4 is 11.7 Å². The average molecular weight is 287 g/mol. The second kappa shape index (κ2) is 5.95. The third kappa shape index (κ3) is 3.21. The van der Waals surface area contributed by atoms with E-state index in [0.717, 1.165) is 11.3 Å². The summed E-state index contributed by atoms with van der Waals surface area (Å²) in [5.74, 6) is -1.20. The van der Waals surface area contributed by atoms with Crippen LogP contribution in [-0.2, 0) is 10.2 Å². The van der Waals surface area contributed by atoms with Crippen LogP contribution in [0, 0.1) is 5.82 Å². The first-order valence-corrected chi connectivity index (χ1v) is 6.69. The Morgan fingerprint density at radius 2 is 1.71 bits per heavy atom. The van der Waals surface area contributed by atoms with Crippen molar-refractivity contribution in [1.82, 2.24) is 0 Å². The van der Waals surface area contributed by atoms with E-state index in [9.17, 15) is 14.3 Å². The summed E-state index contributed by atoms with van der Waals surface area (Å²) in [4.78, 5) is 13.6. The van der Waals surface area contributed by atoms with Gasteiger partial charge >= 0.3 is 5.97 Å². The lowest BCUT2D eigenvalue weighted by Gasteiger charge is -2.31. The number of carboxylic acid groups (broad SMARTS) is 1. The number of likely N-dealkylation sites (N-methyl/N-ethyl adjacent to an activating group) is 1. The van der Waals surface area contributed by atoms with Gasteiger partial charge in [0.2, 0.25) is 0 Å². The highest BCUT2D eigenvalue weighted by molar-refractivity contribution is 5.82. The largest absolute Gasteiger partial charge is 0.481 e. The number of hydrogen-bond donors (Lipinski definition) is 1. The lowest BCUT2D eigenvalue weighted by Crippen LogP contribution is -2.43. The van der Waals surface area contributed by atoms with Crippen molar-refractivity contribution in [3.63, 3.8) is 0 Å². The molecule has 0 saturated carbocycles. The molecule has 0 aliphatic carbocycles. The van der Waals surface area contributed by atoms with E-state index in [1.54, 1.807) is 26.1 Å². The smallest absolute Gasteiger partial charge is 0.315 e. The first kappa shape index (κ1) is 15.0. The molecule has 3 nitrogen and oxygen atoms in total. The minimum absolute atomic E-state index is 0.290. The summed E-state index contributed by atoms with van der Waals surface area (Å²) in [6, 6.07) is 15.2. The molecule has 0 spiro atoms. The molecule has 0 fully saturated rings. The van der Waals surface area contributed by atoms with Crippen molar-refractivity contribution in [2.75, 3.05) is 18.5 Å². The van der Waals surface area contributed by atoms with Gasteiger partial charge in [-0.1, -0.05) is 30.3 Å². The molecule has 0 aliphatic heterocycles. The number of rotatable bonds is 5. The zero-order chi connectivity index (χ0) is 15.5. The van der Waals surface area contributed by atoms with Gasteiger partial charge in [-0.15, -0.1) is 0 Å². The minimum Gasteiger partial charge on any atom is -0.481 e. The van der Waals surface area contributed by atoms with E-state index in [4.69, 9.17) is 0 Å². The number of benzene rings is 2. The molecule has 0 aliphatic rings. The normalized spacial score (nSPS) is 13.5. The van der Waals surface area contributed by atoms with Gasteiger partial charge in [-0.3, -0.25) is 4.79 Å². The molecule has 110 valence electrons. The first-order chi connectivity index (χ1) is 9.93. The Morgan fingerprint density at radius 1 is 1.14 bits per heavy atom. The van der Waals surface area contributed by atoms with E-state index in [0.29, 0.717) is 0 Å². The summed E-state index contributed by atoms with van der Waals surface area (Å²) in [5, 5.41) is 9.64. The summed E-state index contributed by atoms with van der Waals surface area (Å²) >= 11 is 0. The molecule has 0 amide bonds. The van der Waals surface area contributed by atoms with Crippen LogP contribution in [0.4, 0.5) is 10.1 Å². The fourth-order valence-electron chi connectivity index (χ4n) is 2.35. The zero-order valence-electron chi connectivity index (χ0n) is 12.1. The maximum absolute atomic E-state index is 13.0. The van der Waals surface area contributed by atoms with E-state index in [1.165, 1.54) is 12.1 Å². The average Bonchev–Trinajstić information content (AvgIpc) is 2.48. The SMILES string of the molecule is CN(CC(C)(C(=O)O)c1ccccc1)c1ccc(F)cc1. The van der Waals surface area contributed by atoms with E-state index in [1.807, 2.05) is 35.2 Å². The third-order valence-corrected chi connectivity index (χ3v) is 3.70. The quantitative estimate of drug-likeness (QED) is 0.917. The van der Waals surface area contributed by atoms with Crippen molar-refractivity contribution in [3.8, 4) is 0 Å². The van der Waals surface area contributed by atoms with Crippen molar-refractivity contribution < 1.29 is 14.3 Å². The van der Waals surface area contributed by atoms with Crippen molar-refractivity contribution in [2.45, 2.75) is 12.3 Å². The molecule has 1 unspecified atom stereocenters. The molecule has 0 saturated heterocycles. The van der Waals surface area contributed by atoms with Crippen LogP contribution in [0.25, 0.3) is 0 Å². The number of halogens is 1. The summed E-state index contributed by atoms with van der Waals surface area (Å²) in [7, 11) is 1.80. The van der Waals surface area contributed by atoms with E-state index < -0.39 is 11.4 Å². The Morgan fingerprint density at radius 3 is 2.24 bits per heavy atom. The summed E-state index contributed by atoms with van der Waals surface area (Å²) in [6.45, 7) is 1.99. The lowest BCUT2D eigenvalue weighted by atomic mass is 9.82. The molecular formula is C17H18FNO2. The monoisotopic (exact) mass is 287 g/mol. The molecule has 1 atom stereocenters. The summed E-state index contributed by atoms with van der Waals surface area (Å²) in [6.07, 6.45) is 0. The molecule has 0 bridgehead atoms. The van der Waals surface area contributed by atoms with E-state index >= 15 is 0 Å². The van der Waals surface area contributed by atoms with Gasteiger partial charge in [0, 0.05) is 19.3 Å². The topological polar surface area (TPSA) is 40.5 Å². The highest BCUT2D eigenvalue weighted by atomic mass is 19.1. The van der Waals surface area contributed by atoms with Gasteiger partial charge in [0.25, 0.3) is 0 Å². The zero-order valence-corrected chi connectivity index (χ0v) is 12.1. The van der Waals surface area contributed by atoms with Crippen LogP contribution in [0.15, 0.2) is 54.6 Å². The number of nitrogens with zero attached hydrogens (tertiary/aromatic N) is 1. The van der Waals surface area contributed by atoms with Gasteiger partial charge in [0.05, 0.1) is 0 Å². The Bertz CT molecular complexity index is 612. The number of carbonyl (C=O) groups is 1. The van der Waals surface area contributed by atoms with Crippen LogP contribution in [0.2, 0.25) is 0 Å². The second-order valence-electron chi connectivity index (χ2n) is 5.34. The summed E-state index contributed by atoms with van der Waals surface area (Å²) in [5.41, 5.74) is 0.482. The van der Waals surface area contributed by atoms with Crippen LogP contribution in [0.1, 0.15) is 12.5 Å². The molecule has 0 radical (unpaired) electrons. The molecular weight excluding hydrogens is 269 g/mol. The number of hydrogen-bond acceptors (Lipinski definition) is 2. The third-order valence-electron chi connectivity index (χ3n) is 3.70. The predicted molar refractivity (Wildman–Crippen MR) is 81.1 cm³/mol. The van der Waals surface area contributed by atoms with Gasteiger partial charge < -0.3 is 10.0 Å². The van der Waals surface area contributed by atoms with Crippen LogP contribution in [0.3, 0.4) is 0 Å². The molecule has 1 N–H and O–H groups in total. The molecule has 2 aromatic rings. The van der Waals surface area contributed by atoms with Crippen molar-refractivity contribution in [3.05, 3.63) is 66.0 Å². The van der Waals surface area contributed by atoms with Crippen LogP contribution >= 0.6 is 0 Å². The molecule has 2 aromatic carbocycles. The standard InChI is InChI=1S/C17H18FNO2/c1-17(16(20)21,13-6-4-3-5-7-13)12-19(2)15-10-8-14(18)9-11-15/h3-11H,12H2,1-2H3,(H,20,21). The van der Waals surface area contributed by atoms with Gasteiger partial charge in [-0.05, 0) is 36.8 Å². The van der Waals surface area contributed by atoms with E-state index in [2.05, 4.69) is 0 Å². The first-order valence-electron chi connectivity index (χ1n) is 6.69. The maximum atomic E-state index is 13.0. The second-order valence-corrected chi connectivity index (χ2v) is 5.34. The van der Waals surface area contributed by atoms with Crippen LogP contribution in [0.5, 0.6) is 0 Å². The number of carboxylic acids is 1. The van der Waals surface area contributed by atoms with Gasteiger partial charge in [0.15, 0.2) is 0 Å². The minimum atomic E-state index is -1.04. The Kier molecular flexibility index (Phi) is 4.26. The van der Waals surface area contributed by atoms with E-state index in [-0.39, 0.29) is 12.4 Å². The predicted octanol–water partition coefficient (Wildman–Crippen LogP) is 3.30. The highest BCUT2D eigenvalue weighted by Gasteiger charge is 2.36. The van der Waals surface area contributed by atoms with Gasteiger partial charge in [-0.2, -0.15) is 0 Å². The Labute approximate surface area is 123 Å². The number of aliphatic carboxylic acids is 1. The number of anilines is 1. The maximum Gasteiger partial charge on any atom is 0.315 e.